The average Bonchev–Trinajstić information content (AvgIpc) is 2.34. The number of nitrogens with two attached hydrogens (primary N) is 1. The molecule has 0 saturated heterocycles. The quantitative estimate of drug-likeness (QED) is 0.633. The van der Waals surface area contributed by atoms with Gasteiger partial charge in [-0.15, -0.1) is 0 Å². The van der Waals surface area contributed by atoms with Crippen molar-refractivity contribution in [3.8, 4) is 0 Å². The first-order valence-electron chi connectivity index (χ1n) is 3.18. The van der Waals surface area contributed by atoms with Crippen LogP contribution in [0.3, 0.4) is 0 Å². The lowest BCUT2D eigenvalue weighted by molar-refractivity contribution is 0.184. The lowest BCUT2D eigenvalue weighted by atomic mass is 10.1. The van der Waals surface area contributed by atoms with E-state index in [2.05, 4.69) is 0 Å². The minimum Gasteiger partial charge on any atom is -0.469 e. The van der Waals surface area contributed by atoms with Crippen LogP contribution in [-0.2, 0) is 0 Å². The van der Waals surface area contributed by atoms with Gasteiger partial charge in [0, 0.05) is 12.1 Å². The van der Waals surface area contributed by atoms with Crippen molar-refractivity contribution in [2.45, 2.75) is 13.0 Å². The van der Waals surface area contributed by atoms with Gasteiger partial charge >= 0.3 is 0 Å². The molecule has 0 aromatic carbocycles. The summed E-state index contributed by atoms with van der Waals surface area (Å²) in [6.07, 6.45) is 0.961. The molecule has 1 heterocycles. The van der Waals surface area contributed by atoms with Crippen molar-refractivity contribution >= 4 is 0 Å². The van der Waals surface area contributed by atoms with E-state index in [0.717, 1.165) is 11.3 Å². The Labute approximate surface area is 59.5 Å². The molecule has 1 aromatic heterocycles. The van der Waals surface area contributed by atoms with Crippen molar-refractivity contribution in [1.29, 1.82) is 0 Å². The number of aryl methyl sites for hydroxylation is 1. The van der Waals surface area contributed by atoms with Gasteiger partial charge in [-0.1, -0.05) is 0 Å². The molecule has 0 fully saturated rings. The normalized spacial score (nSPS) is 13.5. The number of aliphatic hydroxyl groups excluding tert-OH is 1. The van der Waals surface area contributed by atoms with Gasteiger partial charge in [0.25, 0.3) is 0 Å². The third-order valence-electron chi connectivity index (χ3n) is 1.48. The molecule has 10 heavy (non-hydrogen) atoms. The van der Waals surface area contributed by atoms with Crippen molar-refractivity contribution in [2.24, 2.45) is 5.73 Å². The van der Waals surface area contributed by atoms with Gasteiger partial charge in [-0.2, -0.15) is 0 Å². The van der Waals surface area contributed by atoms with Gasteiger partial charge < -0.3 is 15.3 Å². The van der Waals surface area contributed by atoms with Crippen LogP contribution in [-0.4, -0.2) is 11.7 Å². The first-order chi connectivity index (χ1) is 4.75. The fraction of sp³-hybridized carbons (Fsp3) is 0.429. The second-order valence-electron chi connectivity index (χ2n) is 2.18. The van der Waals surface area contributed by atoms with Gasteiger partial charge in [0.1, 0.15) is 5.76 Å². The second-order valence-corrected chi connectivity index (χ2v) is 2.18. The van der Waals surface area contributed by atoms with Crippen molar-refractivity contribution in [3.63, 3.8) is 0 Å². The molecule has 0 aliphatic heterocycles. The lowest BCUT2D eigenvalue weighted by Gasteiger charge is -2.03. The number of furan rings is 1. The van der Waals surface area contributed by atoms with E-state index in [4.69, 9.17) is 10.2 Å². The molecule has 0 bridgehead atoms. The first kappa shape index (κ1) is 7.31. The molecule has 0 amide bonds. The Balaban J connectivity index is 2.82. The summed E-state index contributed by atoms with van der Waals surface area (Å²) in [4.78, 5) is 0. The highest BCUT2D eigenvalue weighted by Crippen LogP contribution is 2.16. The van der Waals surface area contributed by atoms with Crippen LogP contribution in [0.1, 0.15) is 17.4 Å². The Bertz CT molecular complexity index is 207. The van der Waals surface area contributed by atoms with Crippen molar-refractivity contribution in [1.82, 2.24) is 0 Å². The number of rotatable bonds is 2. The predicted molar refractivity (Wildman–Crippen MR) is 37.5 cm³/mol. The maximum Gasteiger partial charge on any atom is 0.106 e. The van der Waals surface area contributed by atoms with Crippen molar-refractivity contribution in [2.75, 3.05) is 6.54 Å². The summed E-state index contributed by atoms with van der Waals surface area (Å²) in [7, 11) is 0. The minimum atomic E-state index is -0.584. The van der Waals surface area contributed by atoms with E-state index in [1.54, 1.807) is 19.3 Å². The van der Waals surface area contributed by atoms with E-state index >= 15 is 0 Å². The summed E-state index contributed by atoms with van der Waals surface area (Å²) in [5.41, 5.74) is 6.02. The molecule has 1 rings (SSSR count). The van der Waals surface area contributed by atoms with E-state index in [9.17, 15) is 5.11 Å². The molecule has 1 aromatic rings. The third-order valence-corrected chi connectivity index (χ3v) is 1.48. The number of hydrogen-bond donors (Lipinski definition) is 2. The zero-order valence-electron chi connectivity index (χ0n) is 5.87. The summed E-state index contributed by atoms with van der Waals surface area (Å²) in [6, 6.07) is 1.73. The third kappa shape index (κ3) is 1.20. The van der Waals surface area contributed by atoms with Crippen LogP contribution in [0.4, 0.5) is 0 Å². The molecule has 3 heteroatoms. The van der Waals surface area contributed by atoms with Gasteiger partial charge in [-0.3, -0.25) is 0 Å². The van der Waals surface area contributed by atoms with Crippen LogP contribution < -0.4 is 5.73 Å². The van der Waals surface area contributed by atoms with Crippen molar-refractivity contribution in [3.05, 3.63) is 23.7 Å². The topological polar surface area (TPSA) is 59.4 Å². The summed E-state index contributed by atoms with van der Waals surface area (Å²) >= 11 is 0. The summed E-state index contributed by atoms with van der Waals surface area (Å²) in [5, 5.41) is 9.21. The van der Waals surface area contributed by atoms with Crippen LogP contribution in [0, 0.1) is 6.92 Å². The monoisotopic (exact) mass is 141 g/mol. The van der Waals surface area contributed by atoms with Crippen LogP contribution in [0.15, 0.2) is 16.7 Å². The van der Waals surface area contributed by atoms with E-state index in [1.807, 2.05) is 0 Å². The molecule has 3 nitrogen and oxygen atoms in total. The molecule has 0 spiro atoms. The fourth-order valence-electron chi connectivity index (χ4n) is 0.867. The Hall–Kier alpha value is -0.800. The molecule has 0 aliphatic carbocycles. The van der Waals surface area contributed by atoms with Crippen LogP contribution in [0.5, 0.6) is 0 Å². The Kier molecular flexibility index (Phi) is 2.09. The molecule has 0 radical (unpaired) electrons. The lowest BCUT2D eigenvalue weighted by Crippen LogP contribution is -2.11. The van der Waals surface area contributed by atoms with Crippen molar-refractivity contribution < 1.29 is 9.52 Å². The maximum atomic E-state index is 9.21. The minimum absolute atomic E-state index is 0.236. The summed E-state index contributed by atoms with van der Waals surface area (Å²) < 4.78 is 4.97. The Morgan fingerprint density at radius 2 is 2.50 bits per heavy atom. The Morgan fingerprint density at radius 3 is 2.90 bits per heavy atom. The van der Waals surface area contributed by atoms with Gasteiger partial charge in [0.05, 0.1) is 12.4 Å². The smallest absolute Gasteiger partial charge is 0.106 e. The molecule has 0 aliphatic rings. The largest absolute Gasteiger partial charge is 0.469 e. The molecular weight excluding hydrogens is 130 g/mol. The van der Waals surface area contributed by atoms with E-state index < -0.39 is 6.10 Å². The average molecular weight is 141 g/mol. The fourth-order valence-corrected chi connectivity index (χ4v) is 0.867. The number of aliphatic hydroxyl groups is 1. The zero-order valence-corrected chi connectivity index (χ0v) is 5.87. The molecule has 3 N–H and O–H groups in total. The molecule has 1 atom stereocenters. The zero-order chi connectivity index (χ0) is 7.56. The first-order valence-corrected chi connectivity index (χ1v) is 3.18. The van der Waals surface area contributed by atoms with Crippen LogP contribution in [0.2, 0.25) is 0 Å². The Morgan fingerprint density at radius 1 is 1.80 bits per heavy atom. The standard InChI is InChI=1S/C7H11NO2/c1-5-6(2-3-10-5)7(9)4-8/h2-3,7,9H,4,8H2,1H3/t7-/m1/s1. The highest BCUT2D eigenvalue weighted by molar-refractivity contribution is 5.18. The van der Waals surface area contributed by atoms with E-state index in [0.29, 0.717) is 0 Å². The predicted octanol–water partition coefficient (Wildman–Crippen LogP) is 0.580. The second kappa shape index (κ2) is 2.86. The van der Waals surface area contributed by atoms with Crippen LogP contribution in [0.25, 0.3) is 0 Å². The molecule has 0 saturated carbocycles. The molecule has 0 unspecified atom stereocenters. The van der Waals surface area contributed by atoms with E-state index in [-0.39, 0.29) is 6.54 Å². The highest BCUT2D eigenvalue weighted by atomic mass is 16.3. The van der Waals surface area contributed by atoms with Gasteiger partial charge in [-0.25, -0.2) is 0 Å². The summed E-state index contributed by atoms with van der Waals surface area (Å²) in [5.74, 6) is 0.734. The van der Waals surface area contributed by atoms with Gasteiger partial charge in [0.2, 0.25) is 0 Å². The highest BCUT2D eigenvalue weighted by Gasteiger charge is 2.09. The molecular formula is C7H11NO2. The van der Waals surface area contributed by atoms with E-state index in [1.165, 1.54) is 0 Å². The van der Waals surface area contributed by atoms with Crippen LogP contribution >= 0.6 is 0 Å². The summed E-state index contributed by atoms with van der Waals surface area (Å²) in [6.45, 7) is 2.04. The maximum absolute atomic E-state index is 9.21. The number of hydrogen-bond acceptors (Lipinski definition) is 3. The van der Waals surface area contributed by atoms with Gasteiger partial charge in [-0.05, 0) is 13.0 Å². The van der Waals surface area contributed by atoms with Gasteiger partial charge in [0.15, 0.2) is 0 Å². The molecule has 56 valence electrons. The SMILES string of the molecule is Cc1occc1[C@H](O)CN.